The van der Waals surface area contributed by atoms with Crippen LogP contribution in [0.25, 0.3) is 0 Å². The molecule has 0 atom stereocenters. The molecule has 1 spiro atoms. The van der Waals surface area contributed by atoms with Crippen molar-refractivity contribution in [3.8, 4) is 0 Å². The van der Waals surface area contributed by atoms with E-state index in [1.165, 1.54) is 12.4 Å². The zero-order valence-corrected chi connectivity index (χ0v) is 13.4. The lowest BCUT2D eigenvalue weighted by atomic mass is 9.87. The average Bonchev–Trinajstić information content (AvgIpc) is 2.72. The molecule has 2 saturated heterocycles. The van der Waals surface area contributed by atoms with Gasteiger partial charge in [-0.1, -0.05) is 0 Å². The van der Waals surface area contributed by atoms with Crippen LogP contribution in [-0.2, 0) is 9.53 Å². The first-order valence-electron chi connectivity index (χ1n) is 8.10. The Morgan fingerprint density at radius 2 is 2.13 bits per heavy atom. The molecular weight excluding hydrogens is 296 g/mol. The summed E-state index contributed by atoms with van der Waals surface area (Å²) in [4.78, 5) is 37.0. The van der Waals surface area contributed by atoms with Crippen LogP contribution in [0.5, 0.6) is 0 Å². The molecule has 2 aliphatic rings. The lowest BCUT2D eigenvalue weighted by Crippen LogP contribution is -2.58. The first-order chi connectivity index (χ1) is 11.2. The van der Waals surface area contributed by atoms with Gasteiger partial charge in [-0.2, -0.15) is 0 Å². The van der Waals surface area contributed by atoms with Crippen molar-refractivity contribution < 1.29 is 14.3 Å². The summed E-state index contributed by atoms with van der Waals surface area (Å²) in [6, 6.07) is 0. The molecule has 2 amide bonds. The van der Waals surface area contributed by atoms with Gasteiger partial charge in [0.15, 0.2) is 0 Å². The second-order valence-corrected chi connectivity index (χ2v) is 6.04. The number of likely N-dealkylation sites (N-methyl/N-ethyl adjacent to an activating group) is 1. The van der Waals surface area contributed by atoms with E-state index in [4.69, 9.17) is 4.74 Å². The molecule has 1 aromatic rings. The number of carbonyl (C=O) groups excluding carboxylic acids is 2. The van der Waals surface area contributed by atoms with Crippen LogP contribution in [0.15, 0.2) is 18.6 Å². The number of amides is 2. The monoisotopic (exact) mass is 318 g/mol. The van der Waals surface area contributed by atoms with Crippen molar-refractivity contribution >= 4 is 11.8 Å². The van der Waals surface area contributed by atoms with Crippen LogP contribution in [0, 0.1) is 0 Å². The molecule has 23 heavy (non-hydrogen) atoms. The Morgan fingerprint density at radius 3 is 2.78 bits per heavy atom. The number of ether oxygens (including phenoxy) is 1. The molecule has 7 nitrogen and oxygen atoms in total. The van der Waals surface area contributed by atoms with E-state index in [2.05, 4.69) is 9.97 Å². The van der Waals surface area contributed by atoms with Crippen molar-refractivity contribution in [3.63, 3.8) is 0 Å². The number of rotatable bonds is 2. The number of hydrogen-bond acceptors (Lipinski definition) is 5. The van der Waals surface area contributed by atoms with Crippen molar-refractivity contribution in [2.45, 2.75) is 31.7 Å². The largest absolute Gasteiger partial charge is 0.381 e. The van der Waals surface area contributed by atoms with E-state index >= 15 is 0 Å². The summed E-state index contributed by atoms with van der Waals surface area (Å²) in [6.07, 6.45) is 6.40. The summed E-state index contributed by atoms with van der Waals surface area (Å²) < 4.78 is 5.48. The van der Waals surface area contributed by atoms with Gasteiger partial charge in [0.25, 0.3) is 5.91 Å². The maximum atomic E-state index is 12.7. The Labute approximate surface area is 135 Å². The number of hydrogen-bond donors (Lipinski definition) is 0. The second-order valence-electron chi connectivity index (χ2n) is 6.04. The van der Waals surface area contributed by atoms with Gasteiger partial charge in [-0.25, -0.2) is 4.98 Å². The van der Waals surface area contributed by atoms with Crippen molar-refractivity contribution in [3.05, 3.63) is 24.3 Å². The fourth-order valence-corrected chi connectivity index (χ4v) is 3.59. The molecule has 0 saturated carbocycles. The highest BCUT2D eigenvalue weighted by Crippen LogP contribution is 2.32. The predicted octanol–water partition coefficient (Wildman–Crippen LogP) is 0.720. The van der Waals surface area contributed by atoms with E-state index in [9.17, 15) is 9.59 Å². The first kappa shape index (κ1) is 15.9. The Bertz CT molecular complexity index is 572. The van der Waals surface area contributed by atoms with Crippen LogP contribution in [0.4, 0.5) is 0 Å². The predicted molar refractivity (Wildman–Crippen MR) is 82.7 cm³/mol. The molecule has 0 bridgehead atoms. The van der Waals surface area contributed by atoms with Gasteiger partial charge in [0.1, 0.15) is 5.69 Å². The maximum absolute atomic E-state index is 12.7. The minimum atomic E-state index is -0.321. The fourth-order valence-electron chi connectivity index (χ4n) is 3.59. The van der Waals surface area contributed by atoms with Crippen LogP contribution in [0.2, 0.25) is 0 Å². The lowest BCUT2D eigenvalue weighted by molar-refractivity contribution is -0.139. The Kier molecular flexibility index (Phi) is 4.56. The minimum absolute atomic E-state index is 0.115. The third-order valence-corrected chi connectivity index (χ3v) is 4.76. The Balaban J connectivity index is 1.88. The van der Waals surface area contributed by atoms with Crippen LogP contribution >= 0.6 is 0 Å². The highest BCUT2D eigenvalue weighted by Gasteiger charge is 2.44. The summed E-state index contributed by atoms with van der Waals surface area (Å²) in [5, 5.41) is 0. The zero-order chi connectivity index (χ0) is 16.3. The molecule has 2 aliphatic heterocycles. The molecular formula is C16H22N4O3. The normalized spacial score (nSPS) is 21.3. The van der Waals surface area contributed by atoms with E-state index in [1.807, 2.05) is 11.8 Å². The van der Waals surface area contributed by atoms with Gasteiger partial charge >= 0.3 is 0 Å². The van der Waals surface area contributed by atoms with Crippen LogP contribution in [-0.4, -0.2) is 70.0 Å². The van der Waals surface area contributed by atoms with E-state index in [1.54, 1.807) is 11.1 Å². The molecule has 7 heteroatoms. The molecule has 0 N–H and O–H groups in total. The van der Waals surface area contributed by atoms with Gasteiger partial charge in [-0.3, -0.25) is 14.6 Å². The van der Waals surface area contributed by atoms with Crippen molar-refractivity contribution in [1.82, 2.24) is 19.8 Å². The van der Waals surface area contributed by atoms with E-state index in [0.717, 1.165) is 12.8 Å². The highest BCUT2D eigenvalue weighted by molar-refractivity contribution is 5.92. The van der Waals surface area contributed by atoms with Gasteiger partial charge in [0.05, 0.1) is 11.7 Å². The van der Waals surface area contributed by atoms with Gasteiger partial charge < -0.3 is 14.5 Å². The van der Waals surface area contributed by atoms with E-state index in [0.29, 0.717) is 45.0 Å². The maximum Gasteiger partial charge on any atom is 0.274 e. The summed E-state index contributed by atoms with van der Waals surface area (Å²) in [5.74, 6) is -0.0430. The van der Waals surface area contributed by atoms with Gasteiger partial charge in [0.2, 0.25) is 5.91 Å². The molecule has 3 rings (SSSR count). The van der Waals surface area contributed by atoms with Crippen molar-refractivity contribution in [2.75, 3.05) is 32.8 Å². The van der Waals surface area contributed by atoms with Gasteiger partial charge in [-0.15, -0.1) is 0 Å². The van der Waals surface area contributed by atoms with E-state index < -0.39 is 0 Å². The highest BCUT2D eigenvalue weighted by atomic mass is 16.5. The third kappa shape index (κ3) is 3.06. The number of carbonyl (C=O) groups is 2. The fraction of sp³-hybridized carbons (Fsp3) is 0.625. The standard InChI is InChI=1S/C16H22N4O3/c1-2-20-14(21)3-8-19(12-16(20)4-9-23-10-5-16)15(22)13-11-17-6-7-18-13/h6-7,11H,2-5,8-10,12H2,1H3. The molecule has 2 fully saturated rings. The van der Waals surface area contributed by atoms with E-state index in [-0.39, 0.29) is 17.4 Å². The van der Waals surface area contributed by atoms with Crippen LogP contribution in [0.1, 0.15) is 36.7 Å². The molecule has 124 valence electrons. The van der Waals surface area contributed by atoms with Gasteiger partial charge in [-0.05, 0) is 19.8 Å². The molecule has 1 aromatic heterocycles. The summed E-state index contributed by atoms with van der Waals surface area (Å²) in [6.45, 7) is 4.86. The summed E-state index contributed by atoms with van der Waals surface area (Å²) in [5.41, 5.74) is 0.00504. The quantitative estimate of drug-likeness (QED) is 0.803. The molecule has 0 radical (unpaired) electrons. The van der Waals surface area contributed by atoms with Crippen molar-refractivity contribution in [1.29, 1.82) is 0 Å². The minimum Gasteiger partial charge on any atom is -0.381 e. The topological polar surface area (TPSA) is 75.6 Å². The van der Waals surface area contributed by atoms with Crippen LogP contribution < -0.4 is 0 Å². The molecule has 3 heterocycles. The third-order valence-electron chi connectivity index (χ3n) is 4.76. The second kappa shape index (κ2) is 6.62. The average molecular weight is 318 g/mol. The first-order valence-corrected chi connectivity index (χ1v) is 8.10. The van der Waals surface area contributed by atoms with Crippen molar-refractivity contribution in [2.24, 2.45) is 0 Å². The Morgan fingerprint density at radius 1 is 1.35 bits per heavy atom. The lowest BCUT2D eigenvalue weighted by Gasteiger charge is -2.46. The van der Waals surface area contributed by atoms with Gasteiger partial charge in [0, 0.05) is 51.7 Å². The molecule has 0 aliphatic carbocycles. The summed E-state index contributed by atoms with van der Waals surface area (Å²) in [7, 11) is 0. The number of nitrogens with zero attached hydrogens (tertiary/aromatic N) is 4. The summed E-state index contributed by atoms with van der Waals surface area (Å²) >= 11 is 0. The SMILES string of the molecule is CCN1C(=O)CCN(C(=O)c2cnccn2)CC12CCOCC2. The molecule has 0 unspecified atom stereocenters. The number of aromatic nitrogens is 2. The Hall–Kier alpha value is -2.02. The molecule has 0 aromatic carbocycles. The zero-order valence-electron chi connectivity index (χ0n) is 13.4. The smallest absolute Gasteiger partial charge is 0.274 e. The van der Waals surface area contributed by atoms with Crippen LogP contribution in [0.3, 0.4) is 0 Å².